The van der Waals surface area contributed by atoms with Crippen LogP contribution in [0.2, 0.25) is 0 Å². The van der Waals surface area contributed by atoms with Gasteiger partial charge in [-0.2, -0.15) is 5.26 Å². The van der Waals surface area contributed by atoms with E-state index in [1.54, 1.807) is 6.92 Å². The van der Waals surface area contributed by atoms with Crippen LogP contribution >= 0.6 is 11.3 Å². The van der Waals surface area contributed by atoms with Gasteiger partial charge in [0.25, 0.3) is 0 Å². The molecule has 80 valence electrons. The van der Waals surface area contributed by atoms with Crippen LogP contribution in [0.15, 0.2) is 18.2 Å². The maximum Gasteiger partial charge on any atom is 0.136 e. The Morgan fingerprint density at radius 2 is 1.94 bits per heavy atom. The standard InChI is InChI=1S/C11H6F2N2S/c1-6-9(5-14)16-11(15-6)10-7(12)3-2-4-8(10)13/h2-4H,1H3. The van der Waals surface area contributed by atoms with Gasteiger partial charge in [0.2, 0.25) is 0 Å². The number of nitriles is 1. The molecule has 1 heterocycles. The van der Waals surface area contributed by atoms with Crippen molar-refractivity contribution in [3.8, 4) is 16.6 Å². The van der Waals surface area contributed by atoms with Crippen molar-refractivity contribution in [2.24, 2.45) is 0 Å². The van der Waals surface area contributed by atoms with Gasteiger partial charge >= 0.3 is 0 Å². The van der Waals surface area contributed by atoms with E-state index in [4.69, 9.17) is 5.26 Å². The number of hydrogen-bond donors (Lipinski definition) is 0. The minimum absolute atomic E-state index is 0.169. The van der Waals surface area contributed by atoms with Crippen LogP contribution in [0.1, 0.15) is 10.6 Å². The van der Waals surface area contributed by atoms with Crippen LogP contribution in [0.5, 0.6) is 0 Å². The summed E-state index contributed by atoms with van der Waals surface area (Å²) in [7, 11) is 0. The summed E-state index contributed by atoms with van der Waals surface area (Å²) in [5, 5.41) is 8.95. The number of halogens is 2. The molecule has 0 atom stereocenters. The molecular formula is C11H6F2N2S. The molecule has 16 heavy (non-hydrogen) atoms. The summed E-state index contributed by atoms with van der Waals surface area (Å²) < 4.78 is 26.8. The first-order valence-electron chi connectivity index (χ1n) is 4.45. The van der Waals surface area contributed by atoms with E-state index in [-0.39, 0.29) is 10.6 Å². The lowest BCUT2D eigenvalue weighted by atomic mass is 10.2. The molecule has 0 unspecified atom stereocenters. The zero-order valence-corrected chi connectivity index (χ0v) is 9.11. The highest BCUT2D eigenvalue weighted by molar-refractivity contribution is 7.15. The third-order valence-electron chi connectivity index (χ3n) is 2.07. The first-order chi connectivity index (χ1) is 7.63. The van der Waals surface area contributed by atoms with Gasteiger partial charge in [-0.3, -0.25) is 0 Å². The molecule has 0 bridgehead atoms. The van der Waals surface area contributed by atoms with Gasteiger partial charge < -0.3 is 0 Å². The SMILES string of the molecule is Cc1nc(-c2c(F)cccc2F)sc1C#N. The third-order valence-corrected chi connectivity index (χ3v) is 3.15. The number of thiazole rings is 1. The molecule has 0 spiro atoms. The maximum atomic E-state index is 13.4. The van der Waals surface area contributed by atoms with Gasteiger partial charge in [-0.25, -0.2) is 13.8 Å². The second kappa shape index (κ2) is 3.99. The number of rotatable bonds is 1. The lowest BCUT2D eigenvalue weighted by Gasteiger charge is -1.99. The number of aryl methyl sites for hydroxylation is 1. The van der Waals surface area contributed by atoms with Crippen molar-refractivity contribution in [1.29, 1.82) is 5.26 Å². The quantitative estimate of drug-likeness (QED) is 0.762. The number of hydrogen-bond acceptors (Lipinski definition) is 3. The highest BCUT2D eigenvalue weighted by Gasteiger charge is 2.16. The molecule has 1 aromatic carbocycles. The van der Waals surface area contributed by atoms with Crippen molar-refractivity contribution in [2.45, 2.75) is 6.92 Å². The minimum Gasteiger partial charge on any atom is -0.240 e. The fourth-order valence-corrected chi connectivity index (χ4v) is 2.22. The normalized spacial score (nSPS) is 10.1. The molecule has 0 aliphatic carbocycles. The second-order valence-corrected chi connectivity index (χ2v) is 4.14. The van der Waals surface area contributed by atoms with Gasteiger partial charge in [0.15, 0.2) is 0 Å². The molecule has 5 heteroatoms. The molecule has 0 N–H and O–H groups in total. The van der Waals surface area contributed by atoms with Crippen LogP contribution in [-0.2, 0) is 0 Å². The van der Waals surface area contributed by atoms with Crippen LogP contribution in [0.25, 0.3) is 10.6 Å². The number of nitrogens with zero attached hydrogens (tertiary/aromatic N) is 2. The van der Waals surface area contributed by atoms with E-state index in [2.05, 4.69) is 4.98 Å². The van der Waals surface area contributed by atoms with Crippen molar-refractivity contribution < 1.29 is 8.78 Å². The number of aromatic nitrogens is 1. The van der Waals surface area contributed by atoms with Crippen LogP contribution < -0.4 is 0 Å². The summed E-state index contributed by atoms with van der Waals surface area (Å²) in [6, 6.07) is 5.56. The van der Waals surface area contributed by atoms with Crippen molar-refractivity contribution >= 4 is 11.3 Å². The summed E-state index contributed by atoms with van der Waals surface area (Å²) in [6.07, 6.45) is 0. The topological polar surface area (TPSA) is 36.7 Å². The molecule has 0 saturated carbocycles. The molecule has 0 amide bonds. The van der Waals surface area contributed by atoms with E-state index >= 15 is 0 Å². The first kappa shape index (κ1) is 10.7. The van der Waals surface area contributed by atoms with Crippen molar-refractivity contribution in [3.05, 3.63) is 40.4 Å². The molecule has 0 radical (unpaired) electrons. The van der Waals surface area contributed by atoms with Crippen molar-refractivity contribution in [1.82, 2.24) is 4.98 Å². The maximum absolute atomic E-state index is 13.4. The van der Waals surface area contributed by atoms with E-state index in [1.165, 1.54) is 18.2 Å². The van der Waals surface area contributed by atoms with Crippen molar-refractivity contribution in [3.63, 3.8) is 0 Å². The summed E-state index contributed by atoms with van der Waals surface area (Å²) in [5.41, 5.74) is 0.322. The summed E-state index contributed by atoms with van der Waals surface area (Å²) in [4.78, 5) is 4.36. The largest absolute Gasteiger partial charge is 0.240 e. The second-order valence-electron chi connectivity index (χ2n) is 3.14. The van der Waals surface area contributed by atoms with Crippen molar-refractivity contribution in [2.75, 3.05) is 0 Å². The van der Waals surface area contributed by atoms with Gasteiger partial charge in [0, 0.05) is 0 Å². The predicted molar refractivity (Wildman–Crippen MR) is 56.9 cm³/mol. The van der Waals surface area contributed by atoms with Crippen LogP contribution in [0.3, 0.4) is 0 Å². The smallest absolute Gasteiger partial charge is 0.136 e. The minimum atomic E-state index is -0.668. The monoisotopic (exact) mass is 236 g/mol. The molecule has 0 aliphatic rings. The fourth-order valence-electron chi connectivity index (χ4n) is 1.31. The summed E-state index contributed by atoms with van der Waals surface area (Å²) in [5.74, 6) is -1.34. The molecule has 2 rings (SSSR count). The van der Waals surface area contributed by atoms with E-state index in [0.29, 0.717) is 10.6 Å². The molecule has 1 aromatic heterocycles. The molecule has 0 saturated heterocycles. The molecule has 0 fully saturated rings. The molecule has 2 nitrogen and oxygen atoms in total. The predicted octanol–water partition coefficient (Wildman–Crippen LogP) is 3.27. The van der Waals surface area contributed by atoms with Crippen LogP contribution in [0, 0.1) is 29.9 Å². The Bertz CT molecular complexity index is 564. The van der Waals surface area contributed by atoms with Gasteiger partial charge in [0.1, 0.15) is 27.6 Å². The fraction of sp³-hybridized carbons (Fsp3) is 0.0909. The zero-order valence-electron chi connectivity index (χ0n) is 8.29. The molecular weight excluding hydrogens is 230 g/mol. The Morgan fingerprint density at radius 1 is 1.31 bits per heavy atom. The Balaban J connectivity index is 2.64. The Labute approximate surface area is 94.8 Å². The lowest BCUT2D eigenvalue weighted by Crippen LogP contribution is -1.88. The summed E-state index contributed by atoms with van der Waals surface area (Å²) in [6.45, 7) is 1.64. The highest BCUT2D eigenvalue weighted by Crippen LogP contribution is 2.31. The van der Waals surface area contributed by atoms with E-state index in [0.717, 1.165) is 11.3 Å². The van der Waals surface area contributed by atoms with E-state index < -0.39 is 11.6 Å². The average Bonchev–Trinajstić information content (AvgIpc) is 2.59. The van der Waals surface area contributed by atoms with Crippen LogP contribution in [-0.4, -0.2) is 4.98 Å². The van der Waals surface area contributed by atoms with E-state index in [9.17, 15) is 8.78 Å². The number of benzene rings is 1. The Kier molecular flexibility index (Phi) is 2.67. The Morgan fingerprint density at radius 3 is 2.44 bits per heavy atom. The van der Waals surface area contributed by atoms with Crippen LogP contribution in [0.4, 0.5) is 8.78 Å². The lowest BCUT2D eigenvalue weighted by molar-refractivity contribution is 0.589. The average molecular weight is 236 g/mol. The van der Waals surface area contributed by atoms with E-state index in [1.807, 2.05) is 6.07 Å². The van der Waals surface area contributed by atoms with Gasteiger partial charge in [-0.05, 0) is 19.1 Å². The highest BCUT2D eigenvalue weighted by atomic mass is 32.1. The zero-order chi connectivity index (χ0) is 11.7. The molecule has 0 aliphatic heterocycles. The van der Waals surface area contributed by atoms with Gasteiger partial charge in [-0.1, -0.05) is 6.07 Å². The summed E-state index contributed by atoms with van der Waals surface area (Å²) >= 11 is 0.989. The first-order valence-corrected chi connectivity index (χ1v) is 5.27. The molecule has 2 aromatic rings. The Hall–Kier alpha value is -1.80. The van der Waals surface area contributed by atoms with Gasteiger partial charge in [-0.15, -0.1) is 11.3 Å². The third kappa shape index (κ3) is 1.68. The van der Waals surface area contributed by atoms with Gasteiger partial charge in [0.05, 0.1) is 11.3 Å².